The van der Waals surface area contributed by atoms with Crippen LogP contribution in [-0.2, 0) is 6.61 Å². The highest BCUT2D eigenvalue weighted by Gasteiger charge is 2.10. The Morgan fingerprint density at radius 1 is 1.10 bits per heavy atom. The summed E-state index contributed by atoms with van der Waals surface area (Å²) in [5.74, 6) is 1.77. The highest BCUT2D eigenvalue weighted by atomic mass is 16.5. The molecule has 0 saturated heterocycles. The third kappa shape index (κ3) is 2.85. The lowest BCUT2D eigenvalue weighted by atomic mass is 10.1. The van der Waals surface area contributed by atoms with Gasteiger partial charge in [-0.2, -0.15) is 0 Å². The van der Waals surface area contributed by atoms with Crippen molar-refractivity contribution in [2.24, 2.45) is 0 Å². The van der Waals surface area contributed by atoms with Crippen LogP contribution in [0.1, 0.15) is 24.5 Å². The predicted octanol–water partition coefficient (Wildman–Crippen LogP) is 4.45. The third-order valence-electron chi connectivity index (χ3n) is 3.45. The fourth-order valence-corrected chi connectivity index (χ4v) is 2.33. The molecule has 0 aliphatic carbocycles. The van der Waals surface area contributed by atoms with Gasteiger partial charge in [0, 0.05) is 18.1 Å². The molecule has 0 radical (unpaired) electrons. The van der Waals surface area contributed by atoms with Crippen molar-refractivity contribution in [2.75, 3.05) is 6.61 Å². The summed E-state index contributed by atoms with van der Waals surface area (Å²) in [6, 6.07) is 16.2. The van der Waals surface area contributed by atoms with Crippen LogP contribution in [0.5, 0.6) is 11.5 Å². The van der Waals surface area contributed by atoms with Crippen LogP contribution in [-0.4, -0.2) is 6.61 Å². The van der Waals surface area contributed by atoms with Gasteiger partial charge < -0.3 is 9.47 Å². The summed E-state index contributed by atoms with van der Waals surface area (Å²) in [6.45, 7) is 3.43. The Kier molecular flexibility index (Phi) is 3.73. The highest BCUT2D eigenvalue weighted by molar-refractivity contribution is 5.70. The van der Waals surface area contributed by atoms with Gasteiger partial charge >= 0.3 is 0 Å². The van der Waals surface area contributed by atoms with Gasteiger partial charge in [0.1, 0.15) is 18.1 Å². The normalized spacial score (nSPS) is 13.8. The zero-order valence-electron chi connectivity index (χ0n) is 11.6. The average Bonchev–Trinajstić information content (AvgIpc) is 2.68. The summed E-state index contributed by atoms with van der Waals surface area (Å²) >= 11 is 0. The first-order valence-electron chi connectivity index (χ1n) is 6.93. The number of hydrogen-bond donors (Lipinski definition) is 0. The zero-order valence-corrected chi connectivity index (χ0v) is 11.6. The average molecular weight is 266 g/mol. The summed E-state index contributed by atoms with van der Waals surface area (Å²) in [5, 5.41) is 0. The molecule has 2 aromatic rings. The van der Waals surface area contributed by atoms with Crippen LogP contribution >= 0.6 is 0 Å². The molecule has 2 heteroatoms. The smallest absolute Gasteiger partial charge is 0.130 e. The SMILES string of the molecule is CC1=CCCOc2cc(OCc3ccccc3)ccc21. The standard InChI is InChI=1S/C18H18O2/c1-14-6-5-11-19-18-12-16(9-10-17(14)18)20-13-15-7-3-2-4-8-15/h2-4,6-10,12H,5,11,13H2,1H3. The molecule has 1 aliphatic rings. The van der Waals surface area contributed by atoms with E-state index in [0.717, 1.165) is 30.1 Å². The quantitative estimate of drug-likeness (QED) is 0.817. The van der Waals surface area contributed by atoms with Crippen LogP contribution in [0, 0.1) is 0 Å². The second-order valence-electron chi connectivity index (χ2n) is 4.96. The van der Waals surface area contributed by atoms with Gasteiger partial charge in [0.15, 0.2) is 0 Å². The molecular weight excluding hydrogens is 248 g/mol. The van der Waals surface area contributed by atoms with Crippen LogP contribution in [0.2, 0.25) is 0 Å². The Bertz CT molecular complexity index is 615. The number of ether oxygens (including phenoxy) is 2. The van der Waals surface area contributed by atoms with E-state index in [2.05, 4.69) is 31.2 Å². The maximum Gasteiger partial charge on any atom is 0.130 e. The van der Waals surface area contributed by atoms with Crippen molar-refractivity contribution in [1.82, 2.24) is 0 Å². The van der Waals surface area contributed by atoms with E-state index >= 15 is 0 Å². The number of hydrogen-bond acceptors (Lipinski definition) is 2. The monoisotopic (exact) mass is 266 g/mol. The molecule has 0 atom stereocenters. The lowest BCUT2D eigenvalue weighted by Gasteiger charge is -2.12. The largest absolute Gasteiger partial charge is 0.492 e. The maximum absolute atomic E-state index is 5.83. The van der Waals surface area contributed by atoms with Gasteiger partial charge in [-0.25, -0.2) is 0 Å². The Morgan fingerprint density at radius 3 is 2.80 bits per heavy atom. The highest BCUT2D eigenvalue weighted by Crippen LogP contribution is 2.32. The van der Waals surface area contributed by atoms with Crippen LogP contribution in [0.15, 0.2) is 54.6 Å². The van der Waals surface area contributed by atoms with Crippen molar-refractivity contribution >= 4 is 5.57 Å². The lowest BCUT2D eigenvalue weighted by Crippen LogP contribution is -1.98. The van der Waals surface area contributed by atoms with Gasteiger partial charge in [-0.1, -0.05) is 36.4 Å². The minimum Gasteiger partial charge on any atom is -0.492 e. The van der Waals surface area contributed by atoms with Gasteiger partial charge in [-0.15, -0.1) is 0 Å². The minimum absolute atomic E-state index is 0.578. The Labute approximate surface area is 119 Å². The fraction of sp³-hybridized carbons (Fsp3) is 0.222. The molecule has 3 rings (SSSR count). The molecule has 0 bridgehead atoms. The van der Waals surface area contributed by atoms with Gasteiger partial charge in [-0.3, -0.25) is 0 Å². The Morgan fingerprint density at radius 2 is 1.95 bits per heavy atom. The van der Waals surface area contributed by atoms with Gasteiger partial charge in [-0.05, 0) is 30.2 Å². The van der Waals surface area contributed by atoms with E-state index in [1.165, 1.54) is 11.1 Å². The van der Waals surface area contributed by atoms with E-state index in [1.807, 2.05) is 30.3 Å². The molecule has 1 heterocycles. The van der Waals surface area contributed by atoms with Crippen molar-refractivity contribution < 1.29 is 9.47 Å². The van der Waals surface area contributed by atoms with Crippen LogP contribution in [0.4, 0.5) is 0 Å². The van der Waals surface area contributed by atoms with Crippen molar-refractivity contribution in [1.29, 1.82) is 0 Å². The van der Waals surface area contributed by atoms with Crippen molar-refractivity contribution in [3.05, 3.63) is 65.7 Å². The van der Waals surface area contributed by atoms with Crippen LogP contribution < -0.4 is 9.47 Å². The predicted molar refractivity (Wildman–Crippen MR) is 81.0 cm³/mol. The van der Waals surface area contributed by atoms with Crippen LogP contribution in [0.3, 0.4) is 0 Å². The topological polar surface area (TPSA) is 18.5 Å². The summed E-state index contributed by atoms with van der Waals surface area (Å²) in [4.78, 5) is 0. The minimum atomic E-state index is 0.578. The second kappa shape index (κ2) is 5.83. The fourth-order valence-electron chi connectivity index (χ4n) is 2.33. The molecule has 20 heavy (non-hydrogen) atoms. The van der Waals surface area contributed by atoms with E-state index in [1.54, 1.807) is 0 Å². The molecule has 2 nitrogen and oxygen atoms in total. The van der Waals surface area contributed by atoms with E-state index < -0.39 is 0 Å². The first-order valence-corrected chi connectivity index (χ1v) is 6.93. The van der Waals surface area contributed by atoms with E-state index in [9.17, 15) is 0 Å². The summed E-state index contributed by atoms with van der Waals surface area (Å²) in [5.41, 5.74) is 3.60. The molecular formula is C18H18O2. The second-order valence-corrected chi connectivity index (χ2v) is 4.96. The summed E-state index contributed by atoms with van der Waals surface area (Å²) in [6.07, 6.45) is 3.18. The maximum atomic E-state index is 5.83. The molecule has 0 spiro atoms. The van der Waals surface area contributed by atoms with E-state index in [-0.39, 0.29) is 0 Å². The number of allylic oxidation sites excluding steroid dienone is 1. The van der Waals surface area contributed by atoms with Gasteiger partial charge in [0.25, 0.3) is 0 Å². The molecule has 0 unspecified atom stereocenters. The van der Waals surface area contributed by atoms with Crippen molar-refractivity contribution in [2.45, 2.75) is 20.0 Å². The summed E-state index contributed by atoms with van der Waals surface area (Å²) in [7, 11) is 0. The van der Waals surface area contributed by atoms with Crippen molar-refractivity contribution in [3.8, 4) is 11.5 Å². The molecule has 0 saturated carbocycles. The van der Waals surface area contributed by atoms with Gasteiger partial charge in [0.2, 0.25) is 0 Å². The molecule has 0 N–H and O–H groups in total. The molecule has 0 fully saturated rings. The Balaban J connectivity index is 1.76. The zero-order chi connectivity index (χ0) is 13.8. The number of rotatable bonds is 3. The molecule has 0 amide bonds. The molecule has 102 valence electrons. The molecule has 1 aliphatic heterocycles. The van der Waals surface area contributed by atoms with E-state index in [0.29, 0.717) is 6.61 Å². The van der Waals surface area contributed by atoms with Crippen molar-refractivity contribution in [3.63, 3.8) is 0 Å². The number of benzene rings is 2. The first-order chi connectivity index (χ1) is 9.83. The first kappa shape index (κ1) is 12.8. The van der Waals surface area contributed by atoms with Crippen LogP contribution in [0.25, 0.3) is 5.57 Å². The summed E-state index contributed by atoms with van der Waals surface area (Å²) < 4.78 is 11.6. The third-order valence-corrected chi connectivity index (χ3v) is 3.45. The molecule has 0 aromatic heterocycles. The lowest BCUT2D eigenvalue weighted by molar-refractivity contribution is 0.297. The number of fused-ring (bicyclic) bond motifs is 1. The van der Waals surface area contributed by atoms with E-state index in [4.69, 9.17) is 9.47 Å². The Hall–Kier alpha value is -2.22. The molecule has 2 aromatic carbocycles. The van der Waals surface area contributed by atoms with Gasteiger partial charge in [0.05, 0.1) is 6.61 Å².